The van der Waals surface area contributed by atoms with Gasteiger partial charge in [0.25, 0.3) is 0 Å². The van der Waals surface area contributed by atoms with E-state index in [2.05, 4.69) is 0 Å². The Kier molecular flexibility index (Phi) is 8.16. The van der Waals surface area contributed by atoms with E-state index in [1.807, 2.05) is 13.8 Å². The van der Waals surface area contributed by atoms with Gasteiger partial charge in [0.2, 0.25) is 0 Å². The Balaban J connectivity index is 3.80. The zero-order chi connectivity index (χ0) is 16.7. The summed E-state index contributed by atoms with van der Waals surface area (Å²) in [5, 5.41) is 18.9. The quantitative estimate of drug-likeness (QED) is 0.569. The molecule has 0 spiro atoms. The molecule has 4 heteroatoms. The normalized spacial score (nSPS) is 14.0. The minimum Gasteiger partial charge on any atom is -0.481 e. The Morgan fingerprint density at radius 1 is 0.905 bits per heavy atom. The first-order valence-corrected chi connectivity index (χ1v) is 7.91. The molecule has 0 aromatic heterocycles. The molecule has 124 valence electrons. The molecule has 0 radical (unpaired) electrons. The number of carboxylic acids is 1. The fraction of sp³-hybridized carbons (Fsp3) is 0.882. The number of carbonyl (C=O) groups excluding carboxylic acids is 1. The van der Waals surface area contributed by atoms with Crippen LogP contribution < -0.4 is 0 Å². The smallest absolute Gasteiger partial charge is 0.309 e. The third-order valence-corrected chi connectivity index (χ3v) is 4.46. The monoisotopic (exact) mass is 300 g/mol. The Labute approximate surface area is 128 Å². The van der Waals surface area contributed by atoms with E-state index >= 15 is 0 Å². The second-order valence-corrected chi connectivity index (χ2v) is 7.42. The van der Waals surface area contributed by atoms with Gasteiger partial charge in [-0.25, -0.2) is 0 Å². The summed E-state index contributed by atoms with van der Waals surface area (Å²) in [5.74, 6) is -0.581. The largest absolute Gasteiger partial charge is 0.481 e. The van der Waals surface area contributed by atoms with Crippen LogP contribution in [0.3, 0.4) is 0 Å². The summed E-state index contributed by atoms with van der Waals surface area (Å²) in [6.45, 7) is 8.96. The Morgan fingerprint density at radius 3 is 1.86 bits per heavy atom. The summed E-state index contributed by atoms with van der Waals surface area (Å²) in [6, 6.07) is 0. The van der Waals surface area contributed by atoms with Crippen LogP contribution in [0.15, 0.2) is 0 Å². The number of Topliss-reactive ketones (excluding diaryl/α,β-unsaturated/α-hetero) is 1. The predicted molar refractivity (Wildman–Crippen MR) is 84.2 cm³/mol. The van der Waals surface area contributed by atoms with Crippen molar-refractivity contribution >= 4 is 11.8 Å². The number of aliphatic hydroxyl groups is 1. The molecule has 0 aliphatic heterocycles. The van der Waals surface area contributed by atoms with E-state index in [0.717, 1.165) is 25.7 Å². The van der Waals surface area contributed by atoms with E-state index in [1.54, 1.807) is 20.8 Å². The van der Waals surface area contributed by atoms with E-state index in [-0.39, 0.29) is 17.3 Å². The van der Waals surface area contributed by atoms with Crippen LogP contribution in [0.5, 0.6) is 0 Å². The van der Waals surface area contributed by atoms with Gasteiger partial charge in [-0.1, -0.05) is 26.7 Å². The zero-order valence-electron chi connectivity index (χ0n) is 14.2. The van der Waals surface area contributed by atoms with Crippen molar-refractivity contribution in [1.29, 1.82) is 0 Å². The fourth-order valence-electron chi connectivity index (χ4n) is 2.15. The molecule has 1 unspecified atom stereocenters. The standard InChI is InChI=1S/C17H32O4/c1-13(18)16(2,3)12-8-10-14(19)9-6-7-11-17(4,5)15(20)21/h14,19H,6-12H2,1-5H3,(H,20,21). The number of hydrogen-bond acceptors (Lipinski definition) is 3. The molecule has 0 aromatic rings. The lowest BCUT2D eigenvalue weighted by Crippen LogP contribution is -2.23. The number of aliphatic carboxylic acids is 1. The van der Waals surface area contributed by atoms with Crippen LogP contribution in [-0.2, 0) is 9.59 Å². The van der Waals surface area contributed by atoms with Gasteiger partial charge in [0, 0.05) is 5.41 Å². The van der Waals surface area contributed by atoms with Crippen molar-refractivity contribution in [3.05, 3.63) is 0 Å². The number of aliphatic hydroxyl groups excluding tert-OH is 1. The molecular formula is C17H32O4. The Morgan fingerprint density at radius 2 is 1.38 bits per heavy atom. The minimum atomic E-state index is -0.769. The van der Waals surface area contributed by atoms with Crippen LogP contribution in [0, 0.1) is 10.8 Å². The van der Waals surface area contributed by atoms with Crippen molar-refractivity contribution in [2.45, 2.75) is 85.7 Å². The second-order valence-electron chi connectivity index (χ2n) is 7.42. The summed E-state index contributed by atoms with van der Waals surface area (Å²) in [6.07, 6.45) is 4.99. The van der Waals surface area contributed by atoms with Crippen molar-refractivity contribution in [2.75, 3.05) is 0 Å². The van der Waals surface area contributed by atoms with Crippen LogP contribution in [0.1, 0.15) is 79.6 Å². The average Bonchev–Trinajstić information content (AvgIpc) is 2.34. The van der Waals surface area contributed by atoms with Gasteiger partial charge in [0.1, 0.15) is 5.78 Å². The molecule has 0 saturated heterocycles. The molecule has 0 aliphatic carbocycles. The average molecular weight is 300 g/mol. The molecular weight excluding hydrogens is 268 g/mol. The molecule has 0 amide bonds. The molecule has 0 saturated carbocycles. The highest BCUT2D eigenvalue weighted by atomic mass is 16.4. The van der Waals surface area contributed by atoms with Gasteiger partial charge < -0.3 is 10.2 Å². The maximum atomic E-state index is 11.4. The van der Waals surface area contributed by atoms with Crippen LogP contribution in [-0.4, -0.2) is 28.1 Å². The zero-order valence-corrected chi connectivity index (χ0v) is 14.2. The molecule has 0 heterocycles. The number of hydrogen-bond donors (Lipinski definition) is 2. The van der Waals surface area contributed by atoms with Crippen LogP contribution in [0.4, 0.5) is 0 Å². The third-order valence-electron chi connectivity index (χ3n) is 4.46. The molecule has 0 rings (SSSR count). The van der Waals surface area contributed by atoms with Crippen LogP contribution in [0.25, 0.3) is 0 Å². The number of carboxylic acid groups (broad SMARTS) is 1. The molecule has 0 aliphatic rings. The predicted octanol–water partition coefficient (Wildman–Crippen LogP) is 3.80. The summed E-state index contributed by atoms with van der Waals surface area (Å²) in [5.41, 5.74) is -0.984. The molecule has 4 nitrogen and oxygen atoms in total. The van der Waals surface area contributed by atoms with Gasteiger partial charge in [0.15, 0.2) is 0 Å². The maximum Gasteiger partial charge on any atom is 0.309 e. The van der Waals surface area contributed by atoms with E-state index in [0.29, 0.717) is 19.3 Å². The first kappa shape index (κ1) is 20.1. The van der Waals surface area contributed by atoms with Crippen molar-refractivity contribution < 1.29 is 19.8 Å². The van der Waals surface area contributed by atoms with Crippen LogP contribution in [0.2, 0.25) is 0 Å². The summed E-state index contributed by atoms with van der Waals surface area (Å²) < 4.78 is 0. The molecule has 21 heavy (non-hydrogen) atoms. The number of rotatable bonds is 11. The SMILES string of the molecule is CC(=O)C(C)(C)CCCC(O)CCCCC(C)(C)C(=O)O. The lowest BCUT2D eigenvalue weighted by atomic mass is 9.83. The van der Waals surface area contributed by atoms with Crippen molar-refractivity contribution in [1.82, 2.24) is 0 Å². The maximum absolute atomic E-state index is 11.4. The minimum absolute atomic E-state index is 0.188. The van der Waals surface area contributed by atoms with Crippen molar-refractivity contribution in [3.8, 4) is 0 Å². The van der Waals surface area contributed by atoms with Gasteiger partial charge in [-0.2, -0.15) is 0 Å². The van der Waals surface area contributed by atoms with Gasteiger partial charge in [-0.3, -0.25) is 9.59 Å². The molecule has 1 atom stereocenters. The lowest BCUT2D eigenvalue weighted by molar-refractivity contribution is -0.147. The van der Waals surface area contributed by atoms with E-state index in [9.17, 15) is 14.7 Å². The summed E-state index contributed by atoms with van der Waals surface area (Å²) >= 11 is 0. The van der Waals surface area contributed by atoms with Crippen LogP contribution >= 0.6 is 0 Å². The first-order valence-electron chi connectivity index (χ1n) is 7.91. The lowest BCUT2D eigenvalue weighted by Gasteiger charge is -2.22. The number of carbonyl (C=O) groups is 2. The molecule has 0 fully saturated rings. The second kappa shape index (κ2) is 8.52. The third kappa shape index (κ3) is 8.20. The molecule has 0 bridgehead atoms. The van der Waals surface area contributed by atoms with Crippen molar-refractivity contribution in [3.63, 3.8) is 0 Å². The van der Waals surface area contributed by atoms with E-state index in [1.165, 1.54) is 0 Å². The van der Waals surface area contributed by atoms with E-state index < -0.39 is 11.4 Å². The van der Waals surface area contributed by atoms with Gasteiger partial charge in [-0.05, 0) is 52.9 Å². The number of ketones is 1. The molecule has 2 N–H and O–H groups in total. The van der Waals surface area contributed by atoms with Gasteiger partial charge >= 0.3 is 5.97 Å². The highest BCUT2D eigenvalue weighted by Gasteiger charge is 2.26. The summed E-state index contributed by atoms with van der Waals surface area (Å²) in [4.78, 5) is 22.4. The summed E-state index contributed by atoms with van der Waals surface area (Å²) in [7, 11) is 0. The highest BCUT2D eigenvalue weighted by Crippen LogP contribution is 2.26. The highest BCUT2D eigenvalue weighted by molar-refractivity contribution is 5.81. The Hall–Kier alpha value is -0.900. The first-order chi connectivity index (χ1) is 9.49. The van der Waals surface area contributed by atoms with Gasteiger partial charge in [0.05, 0.1) is 11.5 Å². The van der Waals surface area contributed by atoms with Gasteiger partial charge in [-0.15, -0.1) is 0 Å². The van der Waals surface area contributed by atoms with Crippen molar-refractivity contribution in [2.24, 2.45) is 10.8 Å². The Bertz CT molecular complexity index is 345. The van der Waals surface area contributed by atoms with E-state index in [4.69, 9.17) is 5.11 Å². The fourth-order valence-corrected chi connectivity index (χ4v) is 2.15. The topological polar surface area (TPSA) is 74.6 Å². The number of unbranched alkanes of at least 4 members (excludes halogenated alkanes) is 1. The molecule has 0 aromatic carbocycles.